The van der Waals surface area contributed by atoms with Crippen LogP contribution < -0.4 is 10.6 Å². The zero-order valence-corrected chi connectivity index (χ0v) is 11.8. The number of carbonyl (C=O) groups excluding carboxylic acids is 2. The van der Waals surface area contributed by atoms with E-state index in [-0.39, 0.29) is 19.5 Å². The van der Waals surface area contributed by atoms with E-state index in [0.29, 0.717) is 0 Å². The summed E-state index contributed by atoms with van der Waals surface area (Å²) in [5, 5.41) is 22.5. The lowest BCUT2D eigenvalue weighted by molar-refractivity contribution is -0.158. The minimum absolute atomic E-state index is 0.0470. The molecular weight excluding hydrogens is 282 g/mol. The Morgan fingerprint density at radius 1 is 1.14 bits per heavy atom. The maximum Gasteiger partial charge on any atom is 0.321 e. The van der Waals surface area contributed by atoms with Gasteiger partial charge < -0.3 is 15.5 Å². The Hall–Kier alpha value is -2.16. The summed E-state index contributed by atoms with van der Waals surface area (Å²) in [5.41, 5.74) is 0. The fourth-order valence-corrected chi connectivity index (χ4v) is 2.32. The van der Waals surface area contributed by atoms with Crippen LogP contribution in [0.2, 0.25) is 0 Å². The van der Waals surface area contributed by atoms with Crippen molar-refractivity contribution in [3.63, 3.8) is 0 Å². The molecule has 9 nitrogen and oxygen atoms in total. The van der Waals surface area contributed by atoms with Gasteiger partial charge in [0.25, 0.3) is 0 Å². The summed E-state index contributed by atoms with van der Waals surface area (Å²) in [6.07, 6.45) is 0.143. The van der Waals surface area contributed by atoms with Crippen molar-refractivity contribution in [2.75, 3.05) is 20.1 Å². The lowest BCUT2D eigenvalue weighted by Gasteiger charge is -2.37. The number of likely N-dealkylation sites (tertiary alicyclic amines) is 1. The topological polar surface area (TPSA) is 136 Å². The molecule has 1 aliphatic heterocycles. The third-order valence-electron chi connectivity index (χ3n) is 3.67. The maximum atomic E-state index is 11.8. The zero-order chi connectivity index (χ0) is 16.2. The van der Waals surface area contributed by atoms with E-state index in [1.54, 1.807) is 4.90 Å². The number of rotatable bonds is 4. The highest BCUT2D eigenvalue weighted by Gasteiger charge is 2.40. The quantitative estimate of drug-likeness (QED) is 0.519. The van der Waals surface area contributed by atoms with E-state index in [1.165, 1.54) is 14.0 Å². The number of carbonyl (C=O) groups is 4. The number of nitrogens with zero attached hydrogens (tertiary/aromatic N) is 1. The molecule has 3 atom stereocenters. The third-order valence-corrected chi connectivity index (χ3v) is 3.67. The summed E-state index contributed by atoms with van der Waals surface area (Å²) in [7, 11) is 1.37. The summed E-state index contributed by atoms with van der Waals surface area (Å²) in [4.78, 5) is 46.7. The van der Waals surface area contributed by atoms with Crippen molar-refractivity contribution in [1.82, 2.24) is 15.5 Å². The van der Waals surface area contributed by atoms with E-state index in [2.05, 4.69) is 10.6 Å². The number of hydrogen-bond acceptors (Lipinski definition) is 5. The highest BCUT2D eigenvalue weighted by atomic mass is 16.4. The van der Waals surface area contributed by atoms with Crippen molar-refractivity contribution in [3.05, 3.63) is 0 Å². The molecule has 0 bridgehead atoms. The Morgan fingerprint density at radius 3 is 2.19 bits per heavy atom. The first-order chi connectivity index (χ1) is 9.77. The molecule has 1 fully saturated rings. The van der Waals surface area contributed by atoms with Gasteiger partial charge in [-0.3, -0.25) is 24.6 Å². The molecule has 0 radical (unpaired) electrons. The number of imide groups is 1. The molecule has 4 N–H and O–H groups in total. The second-order valence-electron chi connectivity index (χ2n) is 4.92. The predicted octanol–water partition coefficient (Wildman–Crippen LogP) is -1.06. The Bertz CT molecular complexity index is 452. The number of carboxylic acids is 2. The van der Waals surface area contributed by atoms with Gasteiger partial charge in [0.1, 0.15) is 0 Å². The zero-order valence-electron chi connectivity index (χ0n) is 11.8. The molecule has 1 saturated heterocycles. The van der Waals surface area contributed by atoms with E-state index in [9.17, 15) is 19.2 Å². The molecule has 21 heavy (non-hydrogen) atoms. The molecule has 3 unspecified atom stereocenters. The Kier molecular flexibility index (Phi) is 5.65. The lowest BCUT2D eigenvalue weighted by atomic mass is 9.85. The van der Waals surface area contributed by atoms with Crippen molar-refractivity contribution >= 4 is 23.9 Å². The van der Waals surface area contributed by atoms with Gasteiger partial charge in [0.2, 0.25) is 5.91 Å². The fraction of sp³-hybridized carbons (Fsp3) is 0.667. The third kappa shape index (κ3) is 4.15. The molecule has 0 aromatic rings. The maximum absolute atomic E-state index is 11.8. The van der Waals surface area contributed by atoms with Crippen molar-refractivity contribution < 1.29 is 29.4 Å². The van der Waals surface area contributed by atoms with Gasteiger partial charge in [0.15, 0.2) is 0 Å². The monoisotopic (exact) mass is 301 g/mol. The van der Waals surface area contributed by atoms with Crippen molar-refractivity contribution in [2.24, 2.45) is 11.8 Å². The SMILES string of the molecule is CNC(=O)NC(=O)C(C)N1CCC(C(=O)O)C(C(=O)O)C1. The van der Waals surface area contributed by atoms with Gasteiger partial charge in [-0.05, 0) is 19.9 Å². The summed E-state index contributed by atoms with van der Waals surface area (Å²) in [5.74, 6) is -4.96. The lowest BCUT2D eigenvalue weighted by Crippen LogP contribution is -2.55. The highest BCUT2D eigenvalue weighted by molar-refractivity contribution is 5.96. The number of nitrogens with one attached hydrogen (secondary N) is 2. The number of carboxylic acid groups (broad SMARTS) is 2. The van der Waals surface area contributed by atoms with Gasteiger partial charge in [-0.15, -0.1) is 0 Å². The minimum Gasteiger partial charge on any atom is -0.481 e. The molecule has 0 saturated carbocycles. The number of aliphatic carboxylic acids is 2. The second-order valence-corrected chi connectivity index (χ2v) is 4.92. The van der Waals surface area contributed by atoms with Crippen LogP contribution in [0.3, 0.4) is 0 Å². The van der Waals surface area contributed by atoms with Gasteiger partial charge in [0, 0.05) is 13.6 Å². The molecule has 1 heterocycles. The van der Waals surface area contributed by atoms with E-state index in [1.807, 2.05) is 0 Å². The largest absolute Gasteiger partial charge is 0.481 e. The molecular formula is C12H19N3O6. The van der Waals surface area contributed by atoms with Crippen LogP contribution in [0.4, 0.5) is 4.79 Å². The van der Waals surface area contributed by atoms with E-state index in [4.69, 9.17) is 10.2 Å². The van der Waals surface area contributed by atoms with Crippen LogP contribution in [-0.2, 0) is 14.4 Å². The first-order valence-electron chi connectivity index (χ1n) is 6.50. The normalized spacial score (nSPS) is 23.9. The first-order valence-corrected chi connectivity index (χ1v) is 6.50. The van der Waals surface area contributed by atoms with Crippen LogP contribution in [0.15, 0.2) is 0 Å². The average Bonchev–Trinajstić information content (AvgIpc) is 2.45. The van der Waals surface area contributed by atoms with Crippen molar-refractivity contribution in [2.45, 2.75) is 19.4 Å². The van der Waals surface area contributed by atoms with Crippen LogP contribution in [0.25, 0.3) is 0 Å². The Labute approximate surface area is 121 Å². The number of urea groups is 1. The van der Waals surface area contributed by atoms with Crippen molar-refractivity contribution in [1.29, 1.82) is 0 Å². The number of hydrogen-bond donors (Lipinski definition) is 4. The van der Waals surface area contributed by atoms with Crippen LogP contribution in [0.5, 0.6) is 0 Å². The number of piperidine rings is 1. The highest BCUT2D eigenvalue weighted by Crippen LogP contribution is 2.25. The molecule has 1 rings (SSSR count). The van der Waals surface area contributed by atoms with Crippen LogP contribution >= 0.6 is 0 Å². The van der Waals surface area contributed by atoms with Crippen LogP contribution in [0.1, 0.15) is 13.3 Å². The summed E-state index contributed by atoms with van der Waals surface area (Å²) in [6.45, 7) is 1.77. The molecule has 0 aliphatic carbocycles. The van der Waals surface area contributed by atoms with Gasteiger partial charge in [-0.25, -0.2) is 4.79 Å². The van der Waals surface area contributed by atoms with Gasteiger partial charge in [0.05, 0.1) is 17.9 Å². The van der Waals surface area contributed by atoms with E-state index in [0.717, 1.165) is 0 Å². The number of amides is 3. The second kappa shape index (κ2) is 7.02. The molecule has 1 aliphatic rings. The first kappa shape index (κ1) is 16.9. The molecule has 3 amide bonds. The Balaban J connectivity index is 2.73. The predicted molar refractivity (Wildman–Crippen MR) is 70.5 cm³/mol. The van der Waals surface area contributed by atoms with E-state index >= 15 is 0 Å². The van der Waals surface area contributed by atoms with Gasteiger partial charge in [-0.1, -0.05) is 0 Å². The summed E-state index contributed by atoms with van der Waals surface area (Å²) >= 11 is 0. The summed E-state index contributed by atoms with van der Waals surface area (Å²) in [6, 6.07) is -1.37. The van der Waals surface area contributed by atoms with Gasteiger partial charge >= 0.3 is 18.0 Å². The molecule has 0 spiro atoms. The standard InChI is InChI=1S/C12H19N3O6/c1-6(9(16)14-12(21)13-2)15-4-3-7(10(17)18)8(5-15)11(19)20/h6-8H,3-5H2,1-2H3,(H,17,18)(H,19,20)(H2,13,14,16,21). The fourth-order valence-electron chi connectivity index (χ4n) is 2.32. The Morgan fingerprint density at radius 2 is 1.71 bits per heavy atom. The summed E-state index contributed by atoms with van der Waals surface area (Å²) < 4.78 is 0. The van der Waals surface area contributed by atoms with Crippen LogP contribution in [0, 0.1) is 11.8 Å². The molecule has 0 aromatic carbocycles. The molecule has 9 heteroatoms. The molecule has 118 valence electrons. The smallest absolute Gasteiger partial charge is 0.321 e. The van der Waals surface area contributed by atoms with Crippen LogP contribution in [-0.4, -0.2) is 65.2 Å². The van der Waals surface area contributed by atoms with Crippen molar-refractivity contribution in [3.8, 4) is 0 Å². The minimum atomic E-state index is -1.20. The van der Waals surface area contributed by atoms with Gasteiger partial charge in [-0.2, -0.15) is 0 Å². The van der Waals surface area contributed by atoms with E-state index < -0.39 is 41.8 Å². The molecule has 0 aromatic heterocycles. The average molecular weight is 301 g/mol.